The molecule has 0 fully saturated rings. The fourth-order valence-corrected chi connectivity index (χ4v) is 2.00. The van der Waals surface area contributed by atoms with Gasteiger partial charge in [0.1, 0.15) is 0 Å². The van der Waals surface area contributed by atoms with E-state index in [0.29, 0.717) is 19.1 Å². The average Bonchev–Trinajstić information content (AvgIpc) is 2.89. The SMILES string of the molecule is CCNC(=O)C(C)(C)CN=C(NCC)NC1CC=CC1. The topological polar surface area (TPSA) is 65.5 Å². The minimum atomic E-state index is -0.494. The van der Waals surface area contributed by atoms with E-state index in [2.05, 4.69) is 33.1 Å². The van der Waals surface area contributed by atoms with Crippen molar-refractivity contribution in [2.45, 2.75) is 46.6 Å². The minimum Gasteiger partial charge on any atom is -0.357 e. The van der Waals surface area contributed by atoms with Crippen LogP contribution in [0.15, 0.2) is 17.1 Å². The van der Waals surface area contributed by atoms with E-state index >= 15 is 0 Å². The normalized spacial score (nSPS) is 16.3. The maximum Gasteiger partial charge on any atom is 0.227 e. The highest BCUT2D eigenvalue weighted by Crippen LogP contribution is 2.15. The van der Waals surface area contributed by atoms with Crippen molar-refractivity contribution in [3.63, 3.8) is 0 Å². The first-order valence-electron chi connectivity index (χ1n) is 7.47. The molecule has 0 aliphatic heterocycles. The molecule has 0 saturated carbocycles. The van der Waals surface area contributed by atoms with Gasteiger partial charge >= 0.3 is 0 Å². The van der Waals surface area contributed by atoms with Crippen LogP contribution in [0, 0.1) is 5.41 Å². The van der Waals surface area contributed by atoms with E-state index in [1.165, 1.54) is 0 Å². The number of carbonyl (C=O) groups is 1. The number of nitrogens with zero attached hydrogens (tertiary/aromatic N) is 1. The highest BCUT2D eigenvalue weighted by atomic mass is 16.2. The molecule has 0 saturated heterocycles. The molecule has 0 aromatic carbocycles. The van der Waals surface area contributed by atoms with Gasteiger partial charge in [-0.3, -0.25) is 9.79 Å². The minimum absolute atomic E-state index is 0.0436. The Morgan fingerprint density at radius 1 is 1.20 bits per heavy atom. The summed E-state index contributed by atoms with van der Waals surface area (Å²) in [6.45, 7) is 9.74. The molecule has 1 aliphatic rings. The smallest absolute Gasteiger partial charge is 0.227 e. The number of carbonyl (C=O) groups excluding carboxylic acids is 1. The van der Waals surface area contributed by atoms with Crippen LogP contribution in [0.1, 0.15) is 40.5 Å². The first-order valence-corrected chi connectivity index (χ1v) is 7.47. The van der Waals surface area contributed by atoms with E-state index in [0.717, 1.165) is 25.3 Å². The van der Waals surface area contributed by atoms with Crippen molar-refractivity contribution in [2.24, 2.45) is 10.4 Å². The highest BCUT2D eigenvalue weighted by Gasteiger charge is 2.27. The molecule has 0 radical (unpaired) electrons. The van der Waals surface area contributed by atoms with Crippen molar-refractivity contribution in [1.82, 2.24) is 16.0 Å². The molecule has 1 aliphatic carbocycles. The lowest BCUT2D eigenvalue weighted by molar-refractivity contribution is -0.128. The second-order valence-corrected chi connectivity index (χ2v) is 5.72. The quantitative estimate of drug-likeness (QED) is 0.392. The Bertz CT molecular complexity index is 366. The molecule has 0 heterocycles. The summed E-state index contributed by atoms with van der Waals surface area (Å²) in [5, 5.41) is 9.49. The van der Waals surface area contributed by atoms with Gasteiger partial charge in [0.2, 0.25) is 5.91 Å². The van der Waals surface area contributed by atoms with Crippen LogP contribution in [0.2, 0.25) is 0 Å². The Morgan fingerprint density at radius 2 is 1.80 bits per heavy atom. The fraction of sp³-hybridized carbons (Fsp3) is 0.733. The van der Waals surface area contributed by atoms with Crippen LogP contribution in [0.3, 0.4) is 0 Å². The lowest BCUT2D eigenvalue weighted by Crippen LogP contribution is -2.44. The molecular weight excluding hydrogens is 252 g/mol. The largest absolute Gasteiger partial charge is 0.357 e. The van der Waals surface area contributed by atoms with Crippen LogP contribution in [-0.4, -0.2) is 37.5 Å². The Kier molecular flexibility index (Phi) is 6.55. The zero-order valence-corrected chi connectivity index (χ0v) is 13.1. The van der Waals surface area contributed by atoms with Gasteiger partial charge in [-0.05, 0) is 40.5 Å². The molecule has 1 amide bonds. The third-order valence-corrected chi connectivity index (χ3v) is 3.28. The van der Waals surface area contributed by atoms with Crippen LogP contribution >= 0.6 is 0 Å². The lowest BCUT2D eigenvalue weighted by Gasteiger charge is -2.23. The fourth-order valence-electron chi connectivity index (χ4n) is 2.00. The number of aliphatic imine (C=N–C) groups is 1. The van der Waals surface area contributed by atoms with Gasteiger partial charge in [-0.15, -0.1) is 0 Å². The number of amides is 1. The third kappa shape index (κ3) is 5.23. The van der Waals surface area contributed by atoms with E-state index in [1.807, 2.05) is 27.7 Å². The van der Waals surface area contributed by atoms with Gasteiger partial charge < -0.3 is 16.0 Å². The zero-order valence-electron chi connectivity index (χ0n) is 13.1. The van der Waals surface area contributed by atoms with Crippen LogP contribution in [-0.2, 0) is 4.79 Å². The van der Waals surface area contributed by atoms with Crippen LogP contribution < -0.4 is 16.0 Å². The second kappa shape index (κ2) is 7.92. The van der Waals surface area contributed by atoms with Crippen molar-refractivity contribution < 1.29 is 4.79 Å². The summed E-state index contributed by atoms with van der Waals surface area (Å²) in [7, 11) is 0. The van der Waals surface area contributed by atoms with Crippen molar-refractivity contribution in [3.05, 3.63) is 12.2 Å². The second-order valence-electron chi connectivity index (χ2n) is 5.72. The summed E-state index contributed by atoms with van der Waals surface area (Å²) in [4.78, 5) is 16.5. The Morgan fingerprint density at radius 3 is 2.35 bits per heavy atom. The molecule has 114 valence electrons. The summed E-state index contributed by atoms with van der Waals surface area (Å²) in [6.07, 6.45) is 6.42. The van der Waals surface area contributed by atoms with Gasteiger partial charge in [0.05, 0.1) is 12.0 Å². The molecule has 5 nitrogen and oxygen atoms in total. The number of hydrogen-bond donors (Lipinski definition) is 3. The summed E-state index contributed by atoms with van der Waals surface area (Å²) >= 11 is 0. The predicted octanol–water partition coefficient (Wildman–Crippen LogP) is 1.42. The zero-order chi connectivity index (χ0) is 15.0. The molecule has 1 rings (SSSR count). The van der Waals surface area contributed by atoms with Crippen molar-refractivity contribution in [1.29, 1.82) is 0 Å². The number of rotatable bonds is 6. The molecule has 5 heteroatoms. The van der Waals surface area contributed by atoms with Crippen LogP contribution in [0.5, 0.6) is 0 Å². The van der Waals surface area contributed by atoms with Crippen LogP contribution in [0.25, 0.3) is 0 Å². The molecule has 0 unspecified atom stereocenters. The maximum absolute atomic E-state index is 11.9. The number of guanidine groups is 1. The lowest BCUT2D eigenvalue weighted by atomic mass is 9.92. The summed E-state index contributed by atoms with van der Waals surface area (Å²) in [6, 6.07) is 0.417. The predicted molar refractivity (Wildman–Crippen MR) is 83.7 cm³/mol. The van der Waals surface area contributed by atoms with Gasteiger partial charge in [0.25, 0.3) is 0 Å². The summed E-state index contributed by atoms with van der Waals surface area (Å²) < 4.78 is 0. The average molecular weight is 280 g/mol. The monoisotopic (exact) mass is 280 g/mol. The van der Waals surface area contributed by atoms with E-state index in [-0.39, 0.29) is 5.91 Å². The number of hydrogen-bond acceptors (Lipinski definition) is 2. The molecule has 0 atom stereocenters. The van der Waals surface area contributed by atoms with Gasteiger partial charge in [-0.1, -0.05) is 12.2 Å². The molecule has 0 spiro atoms. The van der Waals surface area contributed by atoms with Gasteiger partial charge in [-0.25, -0.2) is 0 Å². The van der Waals surface area contributed by atoms with Crippen molar-refractivity contribution in [3.8, 4) is 0 Å². The van der Waals surface area contributed by atoms with Gasteiger partial charge in [0, 0.05) is 19.1 Å². The maximum atomic E-state index is 11.9. The van der Waals surface area contributed by atoms with Crippen molar-refractivity contribution >= 4 is 11.9 Å². The Hall–Kier alpha value is -1.52. The summed E-state index contributed by atoms with van der Waals surface area (Å²) in [5.41, 5.74) is -0.494. The van der Waals surface area contributed by atoms with E-state index in [1.54, 1.807) is 0 Å². The van der Waals surface area contributed by atoms with E-state index in [9.17, 15) is 4.79 Å². The Labute approximate surface area is 122 Å². The Balaban J connectivity index is 2.58. The number of nitrogens with one attached hydrogen (secondary N) is 3. The first-order chi connectivity index (χ1) is 9.49. The van der Waals surface area contributed by atoms with Crippen LogP contribution in [0.4, 0.5) is 0 Å². The third-order valence-electron chi connectivity index (χ3n) is 3.28. The van der Waals surface area contributed by atoms with Gasteiger partial charge in [-0.2, -0.15) is 0 Å². The molecule has 0 aromatic rings. The standard InChI is InChI=1S/C15H28N4O/c1-5-16-13(20)15(3,4)11-18-14(17-6-2)19-12-9-7-8-10-12/h7-8,12H,5-6,9-11H2,1-4H3,(H,16,20)(H2,17,18,19). The first kappa shape index (κ1) is 16.5. The highest BCUT2D eigenvalue weighted by molar-refractivity contribution is 5.83. The molecule has 20 heavy (non-hydrogen) atoms. The van der Waals surface area contributed by atoms with Crippen molar-refractivity contribution in [2.75, 3.05) is 19.6 Å². The van der Waals surface area contributed by atoms with E-state index in [4.69, 9.17) is 0 Å². The molecule has 3 N–H and O–H groups in total. The van der Waals surface area contributed by atoms with Gasteiger partial charge in [0.15, 0.2) is 5.96 Å². The molecule has 0 bridgehead atoms. The summed E-state index contributed by atoms with van der Waals surface area (Å²) in [5.74, 6) is 0.834. The molecule has 0 aromatic heterocycles. The molecular formula is C15H28N4O. The van der Waals surface area contributed by atoms with E-state index < -0.39 is 5.41 Å².